The molecule has 1 aromatic carbocycles. The summed E-state index contributed by atoms with van der Waals surface area (Å²) < 4.78 is 0.855. The number of para-hydroxylation sites is 1. The van der Waals surface area contributed by atoms with Crippen molar-refractivity contribution in [1.29, 1.82) is 0 Å². The summed E-state index contributed by atoms with van der Waals surface area (Å²) in [7, 11) is 0. The van der Waals surface area contributed by atoms with Gasteiger partial charge in [0.15, 0.2) is 0 Å². The van der Waals surface area contributed by atoms with Crippen molar-refractivity contribution >= 4 is 33.3 Å². The first-order valence-electron chi connectivity index (χ1n) is 6.88. The predicted molar refractivity (Wildman–Crippen MR) is 89.8 cm³/mol. The number of benzene rings is 1. The van der Waals surface area contributed by atoms with E-state index in [0.29, 0.717) is 5.56 Å². The van der Waals surface area contributed by atoms with Crippen molar-refractivity contribution in [3.63, 3.8) is 0 Å². The lowest BCUT2D eigenvalue weighted by atomic mass is 10.2. The number of aromatic nitrogens is 1. The summed E-state index contributed by atoms with van der Waals surface area (Å²) in [6, 6.07) is 11.1. The number of hydrogen-bond acceptors (Lipinski definition) is 3. The molecule has 0 aliphatic heterocycles. The van der Waals surface area contributed by atoms with Crippen molar-refractivity contribution in [2.45, 2.75) is 20.3 Å². The smallest absolute Gasteiger partial charge is 0.255 e. The highest BCUT2D eigenvalue weighted by atomic mass is 79.9. The Labute approximate surface area is 133 Å². The van der Waals surface area contributed by atoms with E-state index in [2.05, 4.69) is 38.5 Å². The summed E-state index contributed by atoms with van der Waals surface area (Å²) in [6.45, 7) is 4.80. The third kappa shape index (κ3) is 4.29. The molecule has 0 bridgehead atoms. The number of anilines is 2. The molecule has 1 heterocycles. The molecule has 21 heavy (non-hydrogen) atoms. The number of hydrogen-bond donors (Lipinski definition) is 2. The third-order valence-corrected chi connectivity index (χ3v) is 3.59. The summed E-state index contributed by atoms with van der Waals surface area (Å²) in [5.74, 6) is 0.584. The molecule has 0 spiro atoms. The fourth-order valence-electron chi connectivity index (χ4n) is 1.90. The van der Waals surface area contributed by atoms with Crippen LogP contribution in [0.25, 0.3) is 0 Å². The van der Waals surface area contributed by atoms with E-state index < -0.39 is 0 Å². The fourth-order valence-corrected chi connectivity index (χ4v) is 2.28. The molecule has 0 fully saturated rings. The minimum Gasteiger partial charge on any atom is -0.370 e. The average Bonchev–Trinajstić information content (AvgIpc) is 2.47. The van der Waals surface area contributed by atoms with Crippen molar-refractivity contribution in [3.05, 3.63) is 52.1 Å². The van der Waals surface area contributed by atoms with Gasteiger partial charge < -0.3 is 10.6 Å². The minimum absolute atomic E-state index is 0.146. The Morgan fingerprint density at radius 2 is 2.05 bits per heavy atom. The summed E-state index contributed by atoms with van der Waals surface area (Å²) in [6.07, 6.45) is 1.01. The van der Waals surface area contributed by atoms with E-state index >= 15 is 0 Å². The number of pyridine rings is 1. The van der Waals surface area contributed by atoms with Gasteiger partial charge in [0.25, 0.3) is 5.91 Å². The van der Waals surface area contributed by atoms with Gasteiger partial charge in [-0.25, -0.2) is 4.98 Å². The number of rotatable bonds is 5. The van der Waals surface area contributed by atoms with Crippen LogP contribution in [0.15, 0.2) is 40.9 Å². The molecular formula is C16H18BrN3O. The minimum atomic E-state index is -0.146. The maximum absolute atomic E-state index is 12.4. The molecule has 0 unspecified atom stereocenters. The number of halogens is 1. The SMILES string of the molecule is CCCNc1cc(C(=O)Nc2ccccc2Br)cc(C)n1. The lowest BCUT2D eigenvalue weighted by Crippen LogP contribution is -2.14. The average molecular weight is 348 g/mol. The normalized spacial score (nSPS) is 10.2. The van der Waals surface area contributed by atoms with E-state index in [1.54, 1.807) is 12.1 Å². The van der Waals surface area contributed by atoms with Crippen molar-refractivity contribution in [3.8, 4) is 0 Å². The first kappa shape index (κ1) is 15.5. The second-order valence-electron chi connectivity index (χ2n) is 4.74. The molecule has 0 radical (unpaired) electrons. The van der Waals surface area contributed by atoms with Gasteiger partial charge >= 0.3 is 0 Å². The predicted octanol–water partition coefficient (Wildman–Crippen LogP) is 4.23. The lowest BCUT2D eigenvalue weighted by Gasteiger charge is -2.10. The van der Waals surface area contributed by atoms with Crippen LogP contribution in [0.5, 0.6) is 0 Å². The molecule has 0 aliphatic carbocycles. The van der Waals surface area contributed by atoms with Gasteiger partial charge in [-0.15, -0.1) is 0 Å². The van der Waals surface area contributed by atoms with Crippen LogP contribution in [0.4, 0.5) is 11.5 Å². The largest absolute Gasteiger partial charge is 0.370 e. The quantitative estimate of drug-likeness (QED) is 0.850. The van der Waals surface area contributed by atoms with Crippen LogP contribution < -0.4 is 10.6 Å². The zero-order valence-electron chi connectivity index (χ0n) is 12.1. The Kier molecular flexibility index (Phi) is 5.33. The van der Waals surface area contributed by atoms with E-state index in [1.807, 2.05) is 31.2 Å². The Hall–Kier alpha value is -1.88. The van der Waals surface area contributed by atoms with Gasteiger partial charge in [-0.2, -0.15) is 0 Å². The van der Waals surface area contributed by atoms with Crippen LogP contribution in [0.1, 0.15) is 29.4 Å². The number of amides is 1. The summed E-state index contributed by atoms with van der Waals surface area (Å²) in [4.78, 5) is 16.7. The second kappa shape index (κ2) is 7.22. The lowest BCUT2D eigenvalue weighted by molar-refractivity contribution is 0.102. The number of nitrogens with one attached hydrogen (secondary N) is 2. The van der Waals surface area contributed by atoms with Gasteiger partial charge in [-0.1, -0.05) is 19.1 Å². The molecule has 1 aromatic heterocycles. The molecular weight excluding hydrogens is 330 g/mol. The highest BCUT2D eigenvalue weighted by Gasteiger charge is 2.10. The number of carbonyl (C=O) groups is 1. The van der Waals surface area contributed by atoms with Gasteiger partial charge in [0.05, 0.1) is 5.69 Å². The zero-order valence-corrected chi connectivity index (χ0v) is 13.7. The van der Waals surface area contributed by atoms with Gasteiger partial charge in [-0.3, -0.25) is 4.79 Å². The highest BCUT2D eigenvalue weighted by Crippen LogP contribution is 2.22. The molecule has 110 valence electrons. The summed E-state index contributed by atoms with van der Waals surface area (Å²) >= 11 is 3.42. The molecule has 0 atom stereocenters. The number of aryl methyl sites for hydroxylation is 1. The van der Waals surface area contributed by atoms with Crippen molar-refractivity contribution in [2.24, 2.45) is 0 Å². The molecule has 4 nitrogen and oxygen atoms in total. The Bertz CT molecular complexity index is 643. The van der Waals surface area contributed by atoms with Crippen LogP contribution in [-0.4, -0.2) is 17.4 Å². The van der Waals surface area contributed by atoms with Gasteiger partial charge in [-0.05, 0) is 53.5 Å². The van der Waals surface area contributed by atoms with Crippen LogP contribution in [-0.2, 0) is 0 Å². The summed E-state index contributed by atoms with van der Waals surface area (Å²) in [5.41, 5.74) is 2.16. The van der Waals surface area contributed by atoms with E-state index in [-0.39, 0.29) is 5.91 Å². The highest BCUT2D eigenvalue weighted by molar-refractivity contribution is 9.10. The Balaban J connectivity index is 2.19. The van der Waals surface area contributed by atoms with Crippen LogP contribution >= 0.6 is 15.9 Å². The molecule has 0 saturated heterocycles. The summed E-state index contributed by atoms with van der Waals surface area (Å²) in [5, 5.41) is 6.10. The first-order valence-corrected chi connectivity index (χ1v) is 7.68. The Morgan fingerprint density at radius 1 is 1.29 bits per heavy atom. The molecule has 2 rings (SSSR count). The molecule has 2 aromatic rings. The molecule has 0 aliphatic rings. The molecule has 5 heteroatoms. The van der Waals surface area contributed by atoms with Crippen molar-refractivity contribution in [1.82, 2.24) is 4.98 Å². The Morgan fingerprint density at radius 3 is 2.76 bits per heavy atom. The molecule has 0 saturated carbocycles. The number of nitrogens with zero attached hydrogens (tertiary/aromatic N) is 1. The maximum Gasteiger partial charge on any atom is 0.255 e. The molecule has 1 amide bonds. The zero-order chi connectivity index (χ0) is 15.2. The van der Waals surface area contributed by atoms with E-state index in [9.17, 15) is 4.79 Å². The topological polar surface area (TPSA) is 54.0 Å². The second-order valence-corrected chi connectivity index (χ2v) is 5.60. The fraction of sp³-hybridized carbons (Fsp3) is 0.250. The van der Waals surface area contributed by atoms with Gasteiger partial charge in [0.1, 0.15) is 5.82 Å². The van der Waals surface area contributed by atoms with Crippen LogP contribution in [0.3, 0.4) is 0 Å². The standard InChI is InChI=1S/C16H18BrN3O/c1-3-8-18-15-10-12(9-11(2)19-15)16(21)20-14-7-5-4-6-13(14)17/h4-7,9-10H,3,8H2,1-2H3,(H,18,19)(H,20,21). The maximum atomic E-state index is 12.4. The van der Waals surface area contributed by atoms with Gasteiger partial charge in [0.2, 0.25) is 0 Å². The third-order valence-electron chi connectivity index (χ3n) is 2.89. The van der Waals surface area contributed by atoms with Crippen molar-refractivity contribution in [2.75, 3.05) is 17.2 Å². The first-order chi connectivity index (χ1) is 10.1. The van der Waals surface area contributed by atoms with E-state index in [4.69, 9.17) is 0 Å². The molecule has 2 N–H and O–H groups in total. The number of carbonyl (C=O) groups excluding carboxylic acids is 1. The monoisotopic (exact) mass is 347 g/mol. The van der Waals surface area contributed by atoms with Crippen molar-refractivity contribution < 1.29 is 4.79 Å². The van der Waals surface area contributed by atoms with E-state index in [1.165, 1.54) is 0 Å². The van der Waals surface area contributed by atoms with E-state index in [0.717, 1.165) is 34.6 Å². The van der Waals surface area contributed by atoms with Crippen LogP contribution in [0.2, 0.25) is 0 Å². The van der Waals surface area contributed by atoms with Gasteiger partial charge in [0, 0.05) is 22.3 Å². The van der Waals surface area contributed by atoms with Crippen LogP contribution in [0, 0.1) is 6.92 Å².